The van der Waals surface area contributed by atoms with Crippen molar-refractivity contribution in [3.63, 3.8) is 0 Å². The monoisotopic (exact) mass is 281 g/mol. The molecule has 0 bridgehead atoms. The second-order valence-corrected chi connectivity index (χ2v) is 6.05. The molecule has 102 valence electrons. The molecule has 0 aliphatic rings. The summed E-state index contributed by atoms with van der Waals surface area (Å²) in [5, 5.41) is 8.77. The van der Waals surface area contributed by atoms with Gasteiger partial charge in [0.2, 0.25) is 10.0 Å². The predicted molar refractivity (Wildman–Crippen MR) is 71.1 cm³/mol. The fraction of sp³-hybridized carbons (Fsp3) is 0.308. The lowest BCUT2D eigenvalue weighted by Gasteiger charge is -2.19. The van der Waals surface area contributed by atoms with Crippen molar-refractivity contribution in [1.29, 1.82) is 0 Å². The average Bonchev–Trinajstić information content (AvgIpc) is 2.31. The number of terminal acetylenes is 1. The predicted octanol–water partition coefficient (Wildman–Crippen LogP) is 1.01. The van der Waals surface area contributed by atoms with E-state index in [4.69, 9.17) is 11.5 Å². The molecule has 5 nitrogen and oxygen atoms in total. The van der Waals surface area contributed by atoms with Crippen LogP contribution in [0.5, 0.6) is 0 Å². The molecule has 0 heterocycles. The van der Waals surface area contributed by atoms with Gasteiger partial charge in [-0.05, 0) is 31.0 Å². The van der Waals surface area contributed by atoms with Crippen molar-refractivity contribution in [2.45, 2.75) is 18.7 Å². The molecular formula is C13H15NO4S. The molecule has 1 rings (SSSR count). The molecule has 1 aromatic carbocycles. The number of carbonyl (C=O) groups is 1. The van der Waals surface area contributed by atoms with E-state index >= 15 is 0 Å². The minimum Gasteiger partial charge on any atom is -0.480 e. The molecule has 0 unspecified atom stereocenters. The summed E-state index contributed by atoms with van der Waals surface area (Å²) in [7, 11) is -3.90. The van der Waals surface area contributed by atoms with Crippen LogP contribution in [-0.2, 0) is 14.8 Å². The largest absolute Gasteiger partial charge is 0.480 e. The Bertz CT molecular complexity index is 629. The maximum Gasteiger partial charge on any atom is 0.318 e. The van der Waals surface area contributed by atoms with Gasteiger partial charge in [-0.1, -0.05) is 18.1 Å². The zero-order valence-corrected chi connectivity index (χ0v) is 11.6. The van der Waals surface area contributed by atoms with Crippen molar-refractivity contribution in [2.24, 2.45) is 0 Å². The van der Waals surface area contributed by atoms with Gasteiger partial charge in [0.15, 0.2) is 0 Å². The lowest BCUT2D eigenvalue weighted by Crippen LogP contribution is -2.36. The highest BCUT2D eigenvalue weighted by molar-refractivity contribution is 7.89. The van der Waals surface area contributed by atoms with E-state index in [1.54, 1.807) is 26.0 Å². The Morgan fingerprint density at radius 2 is 2.05 bits per heavy atom. The van der Waals surface area contributed by atoms with Gasteiger partial charge in [0.1, 0.15) is 6.54 Å². The van der Waals surface area contributed by atoms with Gasteiger partial charge in [-0.2, -0.15) is 4.31 Å². The van der Waals surface area contributed by atoms with Crippen molar-refractivity contribution in [3.8, 4) is 12.3 Å². The van der Waals surface area contributed by atoms with Crippen LogP contribution in [0.25, 0.3) is 0 Å². The molecule has 0 aliphatic heterocycles. The first-order valence-corrected chi connectivity index (χ1v) is 6.95. The summed E-state index contributed by atoms with van der Waals surface area (Å²) in [5.74, 6) is 0.920. The van der Waals surface area contributed by atoms with Crippen LogP contribution >= 0.6 is 0 Å². The van der Waals surface area contributed by atoms with E-state index in [9.17, 15) is 13.2 Å². The third kappa shape index (κ3) is 3.56. The van der Waals surface area contributed by atoms with Crippen LogP contribution in [0.1, 0.15) is 11.1 Å². The highest BCUT2D eigenvalue weighted by Gasteiger charge is 2.27. The number of hydrogen-bond acceptors (Lipinski definition) is 3. The lowest BCUT2D eigenvalue weighted by atomic mass is 10.2. The highest BCUT2D eigenvalue weighted by Crippen LogP contribution is 2.20. The molecule has 0 saturated carbocycles. The normalized spacial score (nSPS) is 11.3. The summed E-state index contributed by atoms with van der Waals surface area (Å²) >= 11 is 0. The average molecular weight is 281 g/mol. The van der Waals surface area contributed by atoms with Crippen LogP contribution in [0.2, 0.25) is 0 Å². The molecule has 0 radical (unpaired) electrons. The molecule has 0 fully saturated rings. The Morgan fingerprint density at radius 3 is 2.58 bits per heavy atom. The summed E-state index contributed by atoms with van der Waals surface area (Å²) in [6, 6.07) is 4.98. The van der Waals surface area contributed by atoms with Crippen molar-refractivity contribution < 1.29 is 18.3 Å². The van der Waals surface area contributed by atoms with Crippen LogP contribution in [0, 0.1) is 26.2 Å². The molecule has 0 saturated heterocycles. The third-order valence-corrected chi connectivity index (χ3v) is 4.47. The number of aliphatic carboxylic acids is 1. The molecule has 0 spiro atoms. The molecular weight excluding hydrogens is 266 g/mol. The second kappa shape index (κ2) is 5.87. The molecule has 6 heteroatoms. The van der Waals surface area contributed by atoms with Crippen molar-refractivity contribution in [1.82, 2.24) is 4.31 Å². The van der Waals surface area contributed by atoms with E-state index in [1.165, 1.54) is 6.07 Å². The number of rotatable bonds is 5. The van der Waals surface area contributed by atoms with Crippen LogP contribution in [-0.4, -0.2) is 36.9 Å². The van der Waals surface area contributed by atoms with Crippen molar-refractivity contribution in [2.75, 3.05) is 13.1 Å². The quantitative estimate of drug-likeness (QED) is 0.817. The molecule has 1 N–H and O–H groups in total. The zero-order valence-electron chi connectivity index (χ0n) is 10.8. The molecule has 0 aromatic heterocycles. The van der Waals surface area contributed by atoms with E-state index in [0.29, 0.717) is 5.56 Å². The van der Waals surface area contributed by atoms with Gasteiger partial charge in [-0.15, -0.1) is 6.42 Å². The van der Waals surface area contributed by atoms with Gasteiger partial charge in [-0.25, -0.2) is 8.42 Å². The number of hydrogen-bond donors (Lipinski definition) is 1. The molecule has 19 heavy (non-hydrogen) atoms. The molecule has 0 amide bonds. The Labute approximate surface area is 112 Å². The van der Waals surface area contributed by atoms with Crippen LogP contribution in [0.4, 0.5) is 0 Å². The lowest BCUT2D eigenvalue weighted by molar-refractivity contribution is -0.137. The Hall–Kier alpha value is -1.84. The first-order chi connectivity index (χ1) is 8.78. The van der Waals surface area contributed by atoms with Gasteiger partial charge in [-0.3, -0.25) is 4.79 Å². The molecule has 0 atom stereocenters. The SMILES string of the molecule is C#CCN(CC(=O)O)S(=O)(=O)c1cc(C)ccc1C. The Kier molecular flexibility index (Phi) is 4.70. The van der Waals surface area contributed by atoms with E-state index < -0.39 is 22.5 Å². The van der Waals surface area contributed by atoms with E-state index in [1.807, 2.05) is 0 Å². The summed E-state index contributed by atoms with van der Waals surface area (Å²) < 4.78 is 25.6. The van der Waals surface area contributed by atoms with Gasteiger partial charge in [0, 0.05) is 0 Å². The zero-order chi connectivity index (χ0) is 14.6. The van der Waals surface area contributed by atoms with E-state index in [-0.39, 0.29) is 11.4 Å². The maximum absolute atomic E-state index is 12.4. The highest BCUT2D eigenvalue weighted by atomic mass is 32.2. The fourth-order valence-electron chi connectivity index (χ4n) is 1.60. The Balaban J connectivity index is 3.30. The summed E-state index contributed by atoms with van der Waals surface area (Å²) in [6.07, 6.45) is 5.10. The number of sulfonamides is 1. The molecule has 0 aliphatic carbocycles. The first kappa shape index (κ1) is 15.2. The van der Waals surface area contributed by atoms with Gasteiger partial charge >= 0.3 is 5.97 Å². The minimum atomic E-state index is -3.90. The first-order valence-electron chi connectivity index (χ1n) is 5.51. The maximum atomic E-state index is 12.4. The van der Waals surface area contributed by atoms with Crippen molar-refractivity contribution in [3.05, 3.63) is 29.3 Å². The Morgan fingerprint density at radius 1 is 1.42 bits per heavy atom. The van der Waals surface area contributed by atoms with Crippen LogP contribution < -0.4 is 0 Å². The van der Waals surface area contributed by atoms with Crippen molar-refractivity contribution >= 4 is 16.0 Å². The van der Waals surface area contributed by atoms with Crippen LogP contribution in [0.3, 0.4) is 0 Å². The van der Waals surface area contributed by atoms with E-state index in [0.717, 1.165) is 9.87 Å². The topological polar surface area (TPSA) is 74.7 Å². The van der Waals surface area contributed by atoms with Gasteiger partial charge < -0.3 is 5.11 Å². The summed E-state index contributed by atoms with van der Waals surface area (Å²) in [4.78, 5) is 10.8. The van der Waals surface area contributed by atoms with Gasteiger partial charge in [0.05, 0.1) is 11.4 Å². The number of aryl methyl sites for hydroxylation is 2. The minimum absolute atomic E-state index is 0.0870. The number of nitrogens with zero attached hydrogens (tertiary/aromatic N) is 1. The fourth-order valence-corrected chi connectivity index (χ4v) is 3.22. The number of benzene rings is 1. The van der Waals surface area contributed by atoms with E-state index in [2.05, 4.69) is 5.92 Å². The second-order valence-electron chi connectivity index (χ2n) is 4.14. The number of carboxylic acid groups (broad SMARTS) is 1. The summed E-state index contributed by atoms with van der Waals surface area (Å²) in [6.45, 7) is 2.49. The smallest absolute Gasteiger partial charge is 0.318 e. The third-order valence-electron chi connectivity index (χ3n) is 2.54. The van der Waals surface area contributed by atoms with Gasteiger partial charge in [0.25, 0.3) is 0 Å². The molecule has 1 aromatic rings. The standard InChI is InChI=1S/C13H15NO4S/c1-4-7-14(9-13(15)16)19(17,18)12-8-10(2)5-6-11(12)3/h1,5-6,8H,7,9H2,2-3H3,(H,15,16). The van der Waals surface area contributed by atoms with Crippen LogP contribution in [0.15, 0.2) is 23.1 Å². The number of carboxylic acids is 1. The summed E-state index contributed by atoms with van der Waals surface area (Å²) in [5.41, 5.74) is 1.33.